The molecule has 0 saturated carbocycles. The smallest absolute Gasteiger partial charge is 0.235 e. The van der Waals surface area contributed by atoms with Crippen LogP contribution >= 0.6 is 11.8 Å². The second kappa shape index (κ2) is 6.27. The Morgan fingerprint density at radius 2 is 2.33 bits per heavy atom. The second-order valence-corrected chi connectivity index (χ2v) is 4.15. The van der Waals surface area contributed by atoms with Gasteiger partial charge in [0.05, 0.1) is 13.7 Å². The molecule has 0 unspecified atom stereocenters. The molecule has 4 heteroatoms. The van der Waals surface area contributed by atoms with Gasteiger partial charge in [0.2, 0.25) is 6.08 Å². The third kappa shape index (κ3) is 3.42. The van der Waals surface area contributed by atoms with Crippen LogP contribution in [0.3, 0.4) is 0 Å². The van der Waals surface area contributed by atoms with Crippen molar-refractivity contribution in [2.75, 3.05) is 12.9 Å². The van der Waals surface area contributed by atoms with Crippen LogP contribution in [0.4, 0.5) is 0 Å². The molecule has 0 fully saturated rings. The minimum absolute atomic E-state index is 0.324. The Balaban J connectivity index is 2.95. The molecule has 0 heterocycles. The van der Waals surface area contributed by atoms with E-state index in [-0.39, 0.29) is 0 Å². The van der Waals surface area contributed by atoms with Crippen molar-refractivity contribution >= 4 is 17.8 Å². The van der Waals surface area contributed by atoms with Crippen molar-refractivity contribution in [3.63, 3.8) is 0 Å². The van der Waals surface area contributed by atoms with Gasteiger partial charge in [0, 0.05) is 10.5 Å². The van der Waals surface area contributed by atoms with Crippen molar-refractivity contribution in [1.29, 1.82) is 0 Å². The molecular weight excluding hydrogens is 210 g/mol. The molecule has 3 nitrogen and oxygen atoms in total. The Hall–Kier alpha value is -1.25. The van der Waals surface area contributed by atoms with E-state index in [1.807, 2.05) is 18.2 Å². The summed E-state index contributed by atoms with van der Waals surface area (Å²) >= 11 is 1.75. The van der Waals surface area contributed by atoms with Gasteiger partial charge in [-0.25, -0.2) is 9.79 Å². The molecule has 0 aliphatic heterocycles. The van der Waals surface area contributed by atoms with Crippen LogP contribution in [-0.4, -0.2) is 18.9 Å². The molecule has 0 bridgehead atoms. The number of benzene rings is 1. The Bertz CT molecular complexity index is 373. The summed E-state index contributed by atoms with van der Waals surface area (Å²) in [5.74, 6) is 1.78. The Kier molecular flexibility index (Phi) is 4.95. The molecule has 0 aromatic heterocycles. The molecule has 1 aromatic carbocycles. The number of ether oxygens (including phenoxy) is 1. The summed E-state index contributed by atoms with van der Waals surface area (Å²) in [5, 5.41) is 0. The average molecular weight is 223 g/mol. The second-order valence-electron chi connectivity index (χ2n) is 2.81. The number of isocyanates is 1. The van der Waals surface area contributed by atoms with E-state index in [1.165, 1.54) is 6.08 Å². The fraction of sp³-hybridized carbons (Fsp3) is 0.364. The van der Waals surface area contributed by atoms with E-state index in [1.54, 1.807) is 18.9 Å². The molecule has 80 valence electrons. The summed E-state index contributed by atoms with van der Waals surface area (Å²) in [6, 6.07) is 5.89. The van der Waals surface area contributed by atoms with E-state index in [9.17, 15) is 4.79 Å². The maximum Gasteiger partial charge on any atom is 0.235 e. The van der Waals surface area contributed by atoms with E-state index in [2.05, 4.69) is 11.9 Å². The van der Waals surface area contributed by atoms with Crippen LogP contribution in [0.25, 0.3) is 0 Å². The number of aliphatic imine (C=N–C) groups is 1. The lowest BCUT2D eigenvalue weighted by Crippen LogP contribution is -1.91. The van der Waals surface area contributed by atoms with Crippen LogP contribution in [0.2, 0.25) is 0 Å². The lowest BCUT2D eigenvalue weighted by molar-refractivity contribution is 0.409. The summed E-state index contributed by atoms with van der Waals surface area (Å²) in [7, 11) is 1.61. The lowest BCUT2D eigenvalue weighted by Gasteiger charge is -2.07. The van der Waals surface area contributed by atoms with Gasteiger partial charge < -0.3 is 4.74 Å². The first kappa shape index (κ1) is 11.8. The average Bonchev–Trinajstić information content (AvgIpc) is 2.27. The molecule has 0 aliphatic carbocycles. The van der Waals surface area contributed by atoms with Crippen LogP contribution in [0.5, 0.6) is 5.75 Å². The number of nitrogens with zero attached hydrogens (tertiary/aromatic N) is 1. The zero-order valence-electron chi connectivity index (χ0n) is 8.82. The molecule has 15 heavy (non-hydrogen) atoms. The van der Waals surface area contributed by atoms with Crippen LogP contribution in [-0.2, 0) is 11.3 Å². The Morgan fingerprint density at radius 1 is 1.53 bits per heavy atom. The first-order chi connectivity index (χ1) is 7.31. The van der Waals surface area contributed by atoms with Crippen molar-refractivity contribution in [1.82, 2.24) is 0 Å². The van der Waals surface area contributed by atoms with Crippen LogP contribution in [0.15, 0.2) is 28.1 Å². The predicted octanol–water partition coefficient (Wildman–Crippen LogP) is 2.64. The summed E-state index contributed by atoms with van der Waals surface area (Å²) in [5.41, 5.74) is 0.916. The molecule has 0 aliphatic rings. The molecule has 0 atom stereocenters. The first-order valence-electron chi connectivity index (χ1n) is 4.65. The quantitative estimate of drug-likeness (QED) is 0.437. The van der Waals surface area contributed by atoms with Crippen LogP contribution in [0.1, 0.15) is 12.5 Å². The van der Waals surface area contributed by atoms with Gasteiger partial charge in [-0.05, 0) is 24.0 Å². The lowest BCUT2D eigenvalue weighted by atomic mass is 10.2. The predicted molar refractivity (Wildman–Crippen MR) is 61.2 cm³/mol. The van der Waals surface area contributed by atoms with Crippen molar-refractivity contribution in [3.05, 3.63) is 23.8 Å². The van der Waals surface area contributed by atoms with E-state index >= 15 is 0 Å². The number of thioether (sulfide) groups is 1. The number of hydrogen-bond donors (Lipinski definition) is 0. The number of rotatable bonds is 5. The molecule has 1 rings (SSSR count). The van der Waals surface area contributed by atoms with Gasteiger partial charge in [0.1, 0.15) is 5.75 Å². The van der Waals surface area contributed by atoms with Gasteiger partial charge in [-0.1, -0.05) is 6.92 Å². The Morgan fingerprint density at radius 3 is 2.93 bits per heavy atom. The number of carbonyl (C=O) groups excluding carboxylic acids is 1. The third-order valence-electron chi connectivity index (χ3n) is 1.88. The third-order valence-corrected chi connectivity index (χ3v) is 2.75. The van der Waals surface area contributed by atoms with Gasteiger partial charge in [-0.2, -0.15) is 0 Å². The summed E-state index contributed by atoms with van der Waals surface area (Å²) in [6.07, 6.45) is 1.53. The van der Waals surface area contributed by atoms with Gasteiger partial charge in [0.25, 0.3) is 0 Å². The normalized spacial score (nSPS) is 9.47. The van der Waals surface area contributed by atoms with Crippen molar-refractivity contribution < 1.29 is 9.53 Å². The van der Waals surface area contributed by atoms with E-state index in [0.717, 1.165) is 22.0 Å². The van der Waals surface area contributed by atoms with Crippen molar-refractivity contribution in [2.45, 2.75) is 18.4 Å². The zero-order chi connectivity index (χ0) is 11.1. The van der Waals surface area contributed by atoms with Gasteiger partial charge in [0.15, 0.2) is 0 Å². The molecule has 0 amide bonds. The maximum absolute atomic E-state index is 10.1. The van der Waals surface area contributed by atoms with Crippen LogP contribution < -0.4 is 4.74 Å². The largest absolute Gasteiger partial charge is 0.496 e. The number of methoxy groups -OCH3 is 1. The molecule has 1 aromatic rings. The van der Waals surface area contributed by atoms with E-state index < -0.39 is 0 Å². The zero-order valence-corrected chi connectivity index (χ0v) is 9.63. The molecule has 0 N–H and O–H groups in total. The van der Waals surface area contributed by atoms with Gasteiger partial charge in [-0.3, -0.25) is 0 Å². The molecule has 0 spiro atoms. The highest BCUT2D eigenvalue weighted by Crippen LogP contribution is 2.26. The summed E-state index contributed by atoms with van der Waals surface area (Å²) in [4.78, 5) is 14.8. The van der Waals surface area contributed by atoms with Crippen molar-refractivity contribution in [2.24, 2.45) is 4.99 Å². The highest BCUT2D eigenvalue weighted by Gasteiger charge is 2.03. The molecule has 0 saturated heterocycles. The highest BCUT2D eigenvalue weighted by molar-refractivity contribution is 7.99. The van der Waals surface area contributed by atoms with E-state index in [0.29, 0.717) is 6.54 Å². The molecular formula is C11H13NO2S. The summed E-state index contributed by atoms with van der Waals surface area (Å²) in [6.45, 7) is 2.42. The fourth-order valence-corrected chi connectivity index (χ4v) is 1.98. The number of hydrogen-bond acceptors (Lipinski definition) is 4. The molecule has 0 radical (unpaired) electrons. The Labute approximate surface area is 93.5 Å². The minimum Gasteiger partial charge on any atom is -0.496 e. The SMILES string of the molecule is CCSc1ccc(OC)c(CN=C=O)c1. The van der Waals surface area contributed by atoms with E-state index in [4.69, 9.17) is 4.74 Å². The first-order valence-corrected chi connectivity index (χ1v) is 5.63. The maximum atomic E-state index is 10.1. The monoisotopic (exact) mass is 223 g/mol. The topological polar surface area (TPSA) is 38.7 Å². The fourth-order valence-electron chi connectivity index (χ4n) is 1.25. The van der Waals surface area contributed by atoms with Gasteiger partial charge in [-0.15, -0.1) is 11.8 Å². The minimum atomic E-state index is 0.324. The van der Waals surface area contributed by atoms with Crippen molar-refractivity contribution in [3.8, 4) is 5.75 Å². The van der Waals surface area contributed by atoms with Gasteiger partial charge >= 0.3 is 0 Å². The highest BCUT2D eigenvalue weighted by atomic mass is 32.2. The standard InChI is InChI=1S/C11H13NO2S/c1-3-15-10-4-5-11(14-2)9(6-10)7-12-8-13/h4-6H,3,7H2,1-2H3. The van der Waals surface area contributed by atoms with Crippen LogP contribution in [0, 0.1) is 0 Å². The summed E-state index contributed by atoms with van der Waals surface area (Å²) < 4.78 is 5.18.